The largest absolute Gasteiger partial charge is 0.464 e. The monoisotopic (exact) mass is 600 g/mol. The first-order chi connectivity index (χ1) is 22.2. The van der Waals surface area contributed by atoms with Crippen molar-refractivity contribution in [2.45, 2.75) is 46.5 Å². The van der Waals surface area contributed by atoms with E-state index < -0.39 is 0 Å². The van der Waals surface area contributed by atoms with Crippen LogP contribution in [0.3, 0.4) is 0 Å². The quantitative estimate of drug-likeness (QED) is 0.178. The SMILES string of the molecule is Cc1cc2occc2cc1-c1n(-c2c(C(C)C)cc(-c3ccc(-c4ccccc4)cc3)cc2C(C)C)c2cc(C#N)ccc2[n+]1C. The summed E-state index contributed by atoms with van der Waals surface area (Å²) in [6, 6.07) is 39.0. The fourth-order valence-electron chi connectivity index (χ4n) is 6.78. The summed E-state index contributed by atoms with van der Waals surface area (Å²) in [7, 11) is 2.13. The van der Waals surface area contributed by atoms with Gasteiger partial charge in [0, 0.05) is 22.6 Å². The molecule has 7 aromatic rings. The highest BCUT2D eigenvalue weighted by Gasteiger charge is 2.32. The molecule has 226 valence electrons. The minimum atomic E-state index is 0.253. The Hall–Kier alpha value is -5.40. The Morgan fingerprint density at radius 2 is 1.35 bits per heavy atom. The normalized spacial score (nSPS) is 11.6. The van der Waals surface area contributed by atoms with Crippen LogP contribution in [0.2, 0.25) is 0 Å². The lowest BCUT2D eigenvalue weighted by molar-refractivity contribution is -0.633. The van der Waals surface area contributed by atoms with Crippen LogP contribution < -0.4 is 4.57 Å². The molecule has 4 nitrogen and oxygen atoms in total. The van der Waals surface area contributed by atoms with Crippen LogP contribution in [0.25, 0.3) is 61.3 Å². The summed E-state index contributed by atoms with van der Waals surface area (Å²) in [5.41, 5.74) is 14.5. The number of imidazole rings is 1. The van der Waals surface area contributed by atoms with Crippen LogP contribution in [0.15, 0.2) is 114 Å². The molecule has 0 atom stereocenters. The van der Waals surface area contributed by atoms with Crippen molar-refractivity contribution < 1.29 is 8.98 Å². The third kappa shape index (κ3) is 4.89. The Bertz CT molecular complexity index is 2250. The first-order valence-corrected chi connectivity index (χ1v) is 16.0. The van der Waals surface area contributed by atoms with Gasteiger partial charge in [-0.1, -0.05) is 82.3 Å². The van der Waals surface area contributed by atoms with Crippen molar-refractivity contribution >= 4 is 22.0 Å². The minimum absolute atomic E-state index is 0.253. The third-order valence-electron chi connectivity index (χ3n) is 9.24. The second-order valence-electron chi connectivity index (χ2n) is 12.9. The molecule has 0 saturated heterocycles. The van der Waals surface area contributed by atoms with Crippen LogP contribution >= 0.6 is 0 Å². The van der Waals surface area contributed by atoms with Crippen molar-refractivity contribution in [3.8, 4) is 45.4 Å². The molecule has 0 saturated carbocycles. The summed E-state index contributed by atoms with van der Waals surface area (Å²) in [4.78, 5) is 0. The lowest BCUT2D eigenvalue weighted by Gasteiger charge is -2.21. The van der Waals surface area contributed by atoms with Gasteiger partial charge in [-0.05, 0) is 89.0 Å². The molecule has 0 aliphatic carbocycles. The molecule has 2 aromatic heterocycles. The van der Waals surface area contributed by atoms with Crippen LogP contribution in [-0.2, 0) is 7.05 Å². The van der Waals surface area contributed by atoms with Crippen molar-refractivity contribution in [1.82, 2.24) is 4.57 Å². The Morgan fingerprint density at radius 3 is 1.98 bits per heavy atom. The molecule has 2 heterocycles. The molecule has 0 radical (unpaired) electrons. The maximum absolute atomic E-state index is 9.95. The van der Waals surface area contributed by atoms with Gasteiger partial charge in [0.15, 0.2) is 11.0 Å². The number of nitriles is 1. The molecule has 0 N–H and O–H groups in total. The van der Waals surface area contributed by atoms with Crippen LogP contribution in [0.5, 0.6) is 0 Å². The summed E-state index contributed by atoms with van der Waals surface area (Å²) in [6.07, 6.45) is 1.75. The molecule has 7 rings (SSSR count). The standard InChI is InChI=1S/C42H38N3O/c1-26(2)35-23-34(32-15-13-31(14-16-32)30-10-8-7-9-11-30)24-36(27(3)4)41(35)45-39-21-29(25-43)12-17-38(39)44(6)42(45)37-22-33-18-19-46-40(33)20-28(37)5/h7-24,26-27H,1-6H3/q+1. The number of hydrogen-bond acceptors (Lipinski definition) is 2. The summed E-state index contributed by atoms with van der Waals surface area (Å²) in [5.74, 6) is 1.58. The van der Waals surface area contributed by atoms with Gasteiger partial charge in [-0.3, -0.25) is 0 Å². The molecule has 5 aromatic carbocycles. The average molecular weight is 601 g/mol. The van der Waals surface area contributed by atoms with E-state index in [1.165, 1.54) is 39.1 Å². The molecule has 0 unspecified atom stereocenters. The molecule has 0 fully saturated rings. The predicted molar refractivity (Wildman–Crippen MR) is 188 cm³/mol. The van der Waals surface area contributed by atoms with Gasteiger partial charge in [0.25, 0.3) is 5.82 Å². The van der Waals surface area contributed by atoms with Gasteiger partial charge in [0.1, 0.15) is 11.3 Å². The van der Waals surface area contributed by atoms with Gasteiger partial charge in [-0.25, -0.2) is 4.57 Å². The highest BCUT2D eigenvalue weighted by atomic mass is 16.3. The van der Waals surface area contributed by atoms with Gasteiger partial charge >= 0.3 is 0 Å². The van der Waals surface area contributed by atoms with Gasteiger partial charge < -0.3 is 4.42 Å². The van der Waals surface area contributed by atoms with Crippen molar-refractivity contribution in [3.63, 3.8) is 0 Å². The number of aryl methyl sites for hydroxylation is 2. The lowest BCUT2D eigenvalue weighted by atomic mass is 9.87. The lowest BCUT2D eigenvalue weighted by Crippen LogP contribution is -2.30. The van der Waals surface area contributed by atoms with Crippen molar-refractivity contribution in [2.24, 2.45) is 7.05 Å². The number of nitrogens with zero attached hydrogens (tertiary/aromatic N) is 3. The molecular formula is C42H38N3O+. The first-order valence-electron chi connectivity index (χ1n) is 16.0. The van der Waals surface area contributed by atoms with Gasteiger partial charge in [0.2, 0.25) is 0 Å². The minimum Gasteiger partial charge on any atom is -0.464 e. The number of rotatable bonds is 6. The Labute approximate surface area is 270 Å². The van der Waals surface area contributed by atoms with E-state index in [1.54, 1.807) is 6.26 Å². The molecule has 0 aliphatic rings. The van der Waals surface area contributed by atoms with Crippen molar-refractivity contribution in [3.05, 3.63) is 132 Å². The Kier molecular flexibility index (Phi) is 7.34. The zero-order valence-electron chi connectivity index (χ0n) is 27.3. The van der Waals surface area contributed by atoms with Gasteiger partial charge in [0.05, 0.1) is 30.5 Å². The second kappa shape index (κ2) is 11.5. The smallest absolute Gasteiger partial charge is 0.295 e. The fraction of sp³-hybridized carbons (Fsp3) is 0.190. The maximum Gasteiger partial charge on any atom is 0.295 e. The second-order valence-corrected chi connectivity index (χ2v) is 12.9. The summed E-state index contributed by atoms with van der Waals surface area (Å²) in [5, 5.41) is 11.0. The number of fused-ring (bicyclic) bond motifs is 2. The van der Waals surface area contributed by atoms with E-state index in [2.05, 4.69) is 142 Å². The first kappa shape index (κ1) is 29.3. The number of furan rings is 1. The van der Waals surface area contributed by atoms with E-state index in [-0.39, 0.29) is 11.8 Å². The van der Waals surface area contributed by atoms with E-state index >= 15 is 0 Å². The topological polar surface area (TPSA) is 45.7 Å². The number of hydrogen-bond donors (Lipinski definition) is 0. The highest BCUT2D eigenvalue weighted by Crippen LogP contribution is 2.41. The zero-order chi connectivity index (χ0) is 32.1. The fourth-order valence-corrected chi connectivity index (χ4v) is 6.78. The molecule has 0 aliphatic heterocycles. The molecule has 0 amide bonds. The van der Waals surface area contributed by atoms with Crippen molar-refractivity contribution in [2.75, 3.05) is 0 Å². The number of aromatic nitrogens is 2. The van der Waals surface area contributed by atoms with Gasteiger partial charge in [-0.15, -0.1) is 0 Å². The van der Waals surface area contributed by atoms with E-state index in [0.717, 1.165) is 39.0 Å². The van der Waals surface area contributed by atoms with Crippen molar-refractivity contribution in [1.29, 1.82) is 5.26 Å². The average Bonchev–Trinajstić information content (AvgIpc) is 3.64. The molecular weight excluding hydrogens is 562 g/mol. The molecule has 0 bridgehead atoms. The van der Waals surface area contributed by atoms with Crippen LogP contribution in [0, 0.1) is 18.3 Å². The van der Waals surface area contributed by atoms with Crippen LogP contribution in [0.4, 0.5) is 0 Å². The van der Waals surface area contributed by atoms with E-state index in [1.807, 2.05) is 18.2 Å². The van der Waals surface area contributed by atoms with Crippen LogP contribution in [-0.4, -0.2) is 4.57 Å². The molecule has 4 heteroatoms. The summed E-state index contributed by atoms with van der Waals surface area (Å²) < 4.78 is 10.5. The Balaban J connectivity index is 1.52. The summed E-state index contributed by atoms with van der Waals surface area (Å²) in [6.45, 7) is 11.3. The highest BCUT2D eigenvalue weighted by molar-refractivity contribution is 5.88. The zero-order valence-corrected chi connectivity index (χ0v) is 27.3. The summed E-state index contributed by atoms with van der Waals surface area (Å²) >= 11 is 0. The van der Waals surface area contributed by atoms with E-state index in [9.17, 15) is 5.26 Å². The van der Waals surface area contributed by atoms with E-state index in [0.29, 0.717) is 5.56 Å². The number of benzene rings is 5. The predicted octanol–water partition coefficient (Wildman–Crippen LogP) is 10.6. The third-order valence-corrected chi connectivity index (χ3v) is 9.24. The van der Waals surface area contributed by atoms with Gasteiger partial charge in [-0.2, -0.15) is 9.83 Å². The maximum atomic E-state index is 9.95. The molecule has 0 spiro atoms. The Morgan fingerprint density at radius 1 is 0.717 bits per heavy atom. The molecule has 46 heavy (non-hydrogen) atoms. The van der Waals surface area contributed by atoms with E-state index in [4.69, 9.17) is 4.42 Å². The van der Waals surface area contributed by atoms with Crippen LogP contribution in [0.1, 0.15) is 61.8 Å².